The van der Waals surface area contributed by atoms with E-state index in [0.717, 1.165) is 6.54 Å². The maximum absolute atomic E-state index is 11.8. The molecule has 0 N–H and O–H groups in total. The van der Waals surface area contributed by atoms with Gasteiger partial charge in [0.2, 0.25) is 5.91 Å². The lowest BCUT2D eigenvalue weighted by Gasteiger charge is -2.33. The third-order valence-corrected chi connectivity index (χ3v) is 3.11. The van der Waals surface area contributed by atoms with Crippen LogP contribution in [0.2, 0.25) is 0 Å². The quantitative estimate of drug-likeness (QED) is 0.700. The number of carbonyl (C=O) groups excluding carboxylic acids is 1. The van der Waals surface area contributed by atoms with Gasteiger partial charge in [0.15, 0.2) is 0 Å². The zero-order valence-corrected chi connectivity index (χ0v) is 10.00. The van der Waals surface area contributed by atoms with E-state index in [9.17, 15) is 4.79 Å². The molecule has 0 aromatic rings. The molecule has 1 aliphatic rings. The second kappa shape index (κ2) is 6.83. The summed E-state index contributed by atoms with van der Waals surface area (Å²) in [6.45, 7) is 5.66. The fourth-order valence-corrected chi connectivity index (χ4v) is 2.30. The van der Waals surface area contributed by atoms with Gasteiger partial charge in [-0.2, -0.15) is 0 Å². The van der Waals surface area contributed by atoms with E-state index in [1.807, 2.05) is 11.8 Å². The molecule has 1 saturated carbocycles. The van der Waals surface area contributed by atoms with Crippen molar-refractivity contribution in [3.05, 3.63) is 0 Å². The first-order valence-corrected chi connectivity index (χ1v) is 6.16. The molecule has 0 aromatic heterocycles. The number of nitrogens with zero attached hydrogens (tertiary/aromatic N) is 1. The summed E-state index contributed by atoms with van der Waals surface area (Å²) >= 11 is 0. The van der Waals surface area contributed by atoms with Gasteiger partial charge in [0.05, 0.1) is 0 Å². The predicted octanol–water partition coefficient (Wildman–Crippen LogP) is 2.20. The van der Waals surface area contributed by atoms with Crippen molar-refractivity contribution < 1.29 is 9.53 Å². The van der Waals surface area contributed by atoms with Gasteiger partial charge in [-0.1, -0.05) is 19.3 Å². The Morgan fingerprint density at radius 2 is 1.93 bits per heavy atom. The molecular weight excluding hydrogens is 190 g/mol. The molecule has 0 aromatic carbocycles. The average Bonchev–Trinajstić information content (AvgIpc) is 2.29. The minimum atomic E-state index is 0.159. The van der Waals surface area contributed by atoms with Gasteiger partial charge in [0.1, 0.15) is 6.61 Å². The largest absolute Gasteiger partial charge is 0.372 e. The Morgan fingerprint density at radius 1 is 1.27 bits per heavy atom. The summed E-state index contributed by atoms with van der Waals surface area (Å²) in [5.41, 5.74) is 0. The Balaban J connectivity index is 2.41. The summed E-state index contributed by atoms with van der Waals surface area (Å²) in [5.74, 6) is 0.159. The van der Waals surface area contributed by atoms with Gasteiger partial charge in [-0.05, 0) is 26.7 Å². The molecule has 0 unspecified atom stereocenters. The van der Waals surface area contributed by atoms with E-state index in [0.29, 0.717) is 12.6 Å². The van der Waals surface area contributed by atoms with Crippen molar-refractivity contribution in [2.24, 2.45) is 0 Å². The first-order chi connectivity index (χ1) is 7.29. The van der Waals surface area contributed by atoms with Crippen LogP contribution >= 0.6 is 0 Å². The number of rotatable bonds is 5. The number of hydrogen-bond acceptors (Lipinski definition) is 2. The Labute approximate surface area is 92.8 Å². The van der Waals surface area contributed by atoms with E-state index < -0.39 is 0 Å². The lowest BCUT2D eigenvalue weighted by Crippen LogP contribution is -2.43. The van der Waals surface area contributed by atoms with Crippen molar-refractivity contribution in [1.82, 2.24) is 4.90 Å². The maximum Gasteiger partial charge on any atom is 0.248 e. The van der Waals surface area contributed by atoms with Crippen LogP contribution in [0.4, 0.5) is 0 Å². The topological polar surface area (TPSA) is 29.5 Å². The smallest absolute Gasteiger partial charge is 0.248 e. The van der Waals surface area contributed by atoms with Crippen LogP contribution in [-0.2, 0) is 9.53 Å². The van der Waals surface area contributed by atoms with E-state index in [2.05, 4.69) is 6.92 Å². The van der Waals surface area contributed by atoms with Crippen LogP contribution in [-0.4, -0.2) is 36.6 Å². The second-order valence-corrected chi connectivity index (χ2v) is 4.11. The molecule has 1 aliphatic carbocycles. The lowest BCUT2D eigenvalue weighted by molar-refractivity contribution is -0.138. The highest BCUT2D eigenvalue weighted by Crippen LogP contribution is 2.22. The van der Waals surface area contributed by atoms with Crippen LogP contribution in [0.25, 0.3) is 0 Å². The average molecular weight is 213 g/mol. The Morgan fingerprint density at radius 3 is 2.47 bits per heavy atom. The molecule has 1 fully saturated rings. The zero-order valence-electron chi connectivity index (χ0n) is 10.00. The number of amides is 1. The molecule has 0 bridgehead atoms. The summed E-state index contributed by atoms with van der Waals surface area (Å²) in [7, 11) is 0. The van der Waals surface area contributed by atoms with Crippen molar-refractivity contribution in [1.29, 1.82) is 0 Å². The number of carbonyl (C=O) groups is 1. The molecule has 88 valence electrons. The van der Waals surface area contributed by atoms with Crippen LogP contribution in [0, 0.1) is 0 Å². The molecule has 3 heteroatoms. The second-order valence-electron chi connectivity index (χ2n) is 4.11. The van der Waals surface area contributed by atoms with Crippen molar-refractivity contribution >= 4 is 5.91 Å². The molecule has 0 saturated heterocycles. The monoisotopic (exact) mass is 213 g/mol. The van der Waals surface area contributed by atoms with Gasteiger partial charge in [0.25, 0.3) is 0 Å². The highest BCUT2D eigenvalue weighted by molar-refractivity contribution is 5.77. The minimum Gasteiger partial charge on any atom is -0.372 e. The van der Waals surface area contributed by atoms with Crippen LogP contribution in [0.15, 0.2) is 0 Å². The molecule has 0 radical (unpaired) electrons. The molecular formula is C12H23NO2. The molecule has 3 nitrogen and oxygen atoms in total. The number of likely N-dealkylation sites (N-methyl/N-ethyl adjacent to an activating group) is 1. The van der Waals surface area contributed by atoms with Crippen LogP contribution < -0.4 is 0 Å². The summed E-state index contributed by atoms with van der Waals surface area (Å²) in [6, 6.07) is 0.469. The summed E-state index contributed by atoms with van der Waals surface area (Å²) < 4.78 is 5.18. The van der Waals surface area contributed by atoms with Gasteiger partial charge >= 0.3 is 0 Å². The molecule has 1 rings (SSSR count). The van der Waals surface area contributed by atoms with Crippen molar-refractivity contribution in [2.75, 3.05) is 19.8 Å². The molecule has 1 amide bonds. The molecule has 0 atom stereocenters. The van der Waals surface area contributed by atoms with E-state index in [1.54, 1.807) is 0 Å². The third kappa shape index (κ3) is 3.82. The summed E-state index contributed by atoms with van der Waals surface area (Å²) in [5, 5.41) is 0. The highest BCUT2D eigenvalue weighted by Gasteiger charge is 2.23. The fourth-order valence-electron chi connectivity index (χ4n) is 2.30. The molecule has 0 aliphatic heterocycles. The Hall–Kier alpha value is -0.570. The third-order valence-electron chi connectivity index (χ3n) is 3.11. The molecule has 0 spiro atoms. The lowest BCUT2D eigenvalue weighted by atomic mass is 9.94. The number of ether oxygens (including phenoxy) is 1. The Bertz CT molecular complexity index is 188. The van der Waals surface area contributed by atoms with Crippen molar-refractivity contribution in [2.45, 2.75) is 52.0 Å². The highest BCUT2D eigenvalue weighted by atomic mass is 16.5. The molecule has 15 heavy (non-hydrogen) atoms. The minimum absolute atomic E-state index is 0.159. The van der Waals surface area contributed by atoms with E-state index in [1.165, 1.54) is 32.1 Å². The van der Waals surface area contributed by atoms with Gasteiger partial charge in [-0.15, -0.1) is 0 Å². The Kier molecular flexibility index (Phi) is 5.69. The van der Waals surface area contributed by atoms with E-state index >= 15 is 0 Å². The van der Waals surface area contributed by atoms with Crippen molar-refractivity contribution in [3.8, 4) is 0 Å². The van der Waals surface area contributed by atoms with Gasteiger partial charge < -0.3 is 9.64 Å². The van der Waals surface area contributed by atoms with E-state index in [4.69, 9.17) is 4.74 Å². The molecule has 0 heterocycles. The number of hydrogen-bond donors (Lipinski definition) is 0. The van der Waals surface area contributed by atoms with Crippen LogP contribution in [0.3, 0.4) is 0 Å². The van der Waals surface area contributed by atoms with Gasteiger partial charge in [0, 0.05) is 19.2 Å². The first kappa shape index (κ1) is 12.5. The maximum atomic E-state index is 11.8. The summed E-state index contributed by atoms with van der Waals surface area (Å²) in [6.07, 6.45) is 6.21. The van der Waals surface area contributed by atoms with Gasteiger partial charge in [-0.3, -0.25) is 4.79 Å². The predicted molar refractivity (Wildman–Crippen MR) is 60.8 cm³/mol. The standard InChI is InChI=1S/C12H23NO2/c1-3-13(12(14)10-15-4-2)11-8-6-5-7-9-11/h11H,3-10H2,1-2H3. The van der Waals surface area contributed by atoms with E-state index in [-0.39, 0.29) is 12.5 Å². The fraction of sp³-hybridized carbons (Fsp3) is 0.917. The first-order valence-electron chi connectivity index (χ1n) is 6.16. The summed E-state index contributed by atoms with van der Waals surface area (Å²) in [4.78, 5) is 13.8. The van der Waals surface area contributed by atoms with Gasteiger partial charge in [-0.25, -0.2) is 0 Å². The zero-order chi connectivity index (χ0) is 11.1. The van der Waals surface area contributed by atoms with Crippen molar-refractivity contribution in [3.63, 3.8) is 0 Å². The normalized spacial score (nSPS) is 17.7. The van der Waals surface area contributed by atoms with Crippen LogP contribution in [0.1, 0.15) is 46.0 Å². The van der Waals surface area contributed by atoms with Crippen LogP contribution in [0.5, 0.6) is 0 Å². The SMILES string of the molecule is CCOCC(=O)N(CC)C1CCCCC1.